The Balaban J connectivity index is 1.95. The highest BCUT2D eigenvalue weighted by Crippen LogP contribution is 2.32. The topological polar surface area (TPSA) is 29.3 Å². The molecule has 0 aromatic rings. The summed E-state index contributed by atoms with van der Waals surface area (Å²) in [5.74, 6) is 1.60. The lowest BCUT2D eigenvalue weighted by atomic mass is 10.1. The molecule has 2 rings (SSSR count). The van der Waals surface area contributed by atoms with E-state index >= 15 is 0 Å². The van der Waals surface area contributed by atoms with Gasteiger partial charge in [-0.2, -0.15) is 0 Å². The van der Waals surface area contributed by atoms with Crippen molar-refractivity contribution in [3.8, 4) is 0 Å². The zero-order chi connectivity index (χ0) is 9.42. The minimum atomic E-state index is 0.424. The van der Waals surface area contributed by atoms with Gasteiger partial charge in [-0.15, -0.1) is 0 Å². The molecule has 2 nitrogen and oxygen atoms in total. The maximum absolute atomic E-state index is 6.04. The highest BCUT2D eigenvalue weighted by atomic mass is 15.2. The van der Waals surface area contributed by atoms with Gasteiger partial charge in [0.05, 0.1) is 0 Å². The lowest BCUT2D eigenvalue weighted by Gasteiger charge is -2.27. The molecule has 2 fully saturated rings. The third kappa shape index (κ3) is 1.75. The van der Waals surface area contributed by atoms with Crippen LogP contribution in [-0.4, -0.2) is 30.1 Å². The van der Waals surface area contributed by atoms with Crippen LogP contribution in [-0.2, 0) is 0 Å². The summed E-state index contributed by atoms with van der Waals surface area (Å²) >= 11 is 0. The van der Waals surface area contributed by atoms with Gasteiger partial charge in [0.25, 0.3) is 0 Å². The molecule has 2 aliphatic rings. The van der Waals surface area contributed by atoms with Crippen LogP contribution in [0.5, 0.6) is 0 Å². The van der Waals surface area contributed by atoms with Crippen molar-refractivity contribution in [1.29, 1.82) is 0 Å². The molecule has 1 heterocycles. The number of hydrogen-bond acceptors (Lipinski definition) is 2. The molecule has 1 aliphatic heterocycles. The zero-order valence-electron chi connectivity index (χ0n) is 8.87. The van der Waals surface area contributed by atoms with Crippen molar-refractivity contribution < 1.29 is 0 Å². The van der Waals surface area contributed by atoms with E-state index in [2.05, 4.69) is 18.7 Å². The Morgan fingerprint density at radius 2 is 1.85 bits per heavy atom. The number of hydrogen-bond donors (Lipinski definition) is 1. The molecule has 0 aromatic carbocycles. The van der Waals surface area contributed by atoms with Crippen molar-refractivity contribution in [3.05, 3.63) is 0 Å². The van der Waals surface area contributed by atoms with Crippen molar-refractivity contribution in [2.75, 3.05) is 13.1 Å². The molecule has 4 atom stereocenters. The summed E-state index contributed by atoms with van der Waals surface area (Å²) in [5, 5.41) is 0. The van der Waals surface area contributed by atoms with E-state index < -0.39 is 0 Å². The van der Waals surface area contributed by atoms with Crippen LogP contribution >= 0.6 is 0 Å². The van der Waals surface area contributed by atoms with Crippen LogP contribution in [0.1, 0.15) is 33.1 Å². The molecular formula is C11H22N2. The third-order valence-corrected chi connectivity index (χ3v) is 3.98. The molecule has 4 unspecified atom stereocenters. The smallest absolute Gasteiger partial charge is 0.0206 e. The first-order chi connectivity index (χ1) is 6.18. The van der Waals surface area contributed by atoms with Gasteiger partial charge < -0.3 is 5.73 Å². The average Bonchev–Trinajstić information content (AvgIpc) is 2.60. The molecule has 0 spiro atoms. The van der Waals surface area contributed by atoms with E-state index in [0.29, 0.717) is 12.0 Å². The third-order valence-electron chi connectivity index (χ3n) is 3.98. The summed E-state index contributed by atoms with van der Waals surface area (Å²) in [6.07, 6.45) is 4.25. The summed E-state index contributed by atoms with van der Waals surface area (Å²) in [5.41, 5.74) is 6.04. The molecular weight excluding hydrogens is 160 g/mol. The maximum atomic E-state index is 6.04. The highest BCUT2D eigenvalue weighted by molar-refractivity contribution is 4.91. The van der Waals surface area contributed by atoms with Crippen LogP contribution < -0.4 is 5.73 Å². The van der Waals surface area contributed by atoms with Gasteiger partial charge in [-0.1, -0.05) is 20.3 Å². The molecule has 0 radical (unpaired) electrons. The first-order valence-electron chi connectivity index (χ1n) is 5.68. The molecule has 0 amide bonds. The average molecular weight is 182 g/mol. The molecule has 1 aliphatic carbocycles. The van der Waals surface area contributed by atoms with Gasteiger partial charge in [0.2, 0.25) is 0 Å². The van der Waals surface area contributed by atoms with E-state index in [9.17, 15) is 0 Å². The normalized spacial score (nSPS) is 47.3. The van der Waals surface area contributed by atoms with E-state index in [1.165, 1.54) is 25.8 Å². The number of likely N-dealkylation sites (tertiary alicyclic amines) is 1. The van der Waals surface area contributed by atoms with Crippen LogP contribution in [0.3, 0.4) is 0 Å². The molecule has 2 N–H and O–H groups in total. The predicted molar refractivity (Wildman–Crippen MR) is 55.5 cm³/mol. The van der Waals surface area contributed by atoms with Gasteiger partial charge in [-0.05, 0) is 24.7 Å². The van der Waals surface area contributed by atoms with Crippen LogP contribution in [0.25, 0.3) is 0 Å². The quantitative estimate of drug-likeness (QED) is 0.665. The number of nitrogens with zero attached hydrogens (tertiary/aromatic N) is 1. The molecule has 1 saturated heterocycles. The van der Waals surface area contributed by atoms with Gasteiger partial charge in [-0.25, -0.2) is 0 Å². The molecule has 0 aromatic heterocycles. The second-order valence-electron chi connectivity index (χ2n) is 5.07. The number of rotatable bonds is 1. The lowest BCUT2D eigenvalue weighted by molar-refractivity contribution is 0.199. The molecule has 0 bridgehead atoms. The fraction of sp³-hybridized carbons (Fsp3) is 1.00. The summed E-state index contributed by atoms with van der Waals surface area (Å²) in [6.45, 7) is 7.04. The van der Waals surface area contributed by atoms with Gasteiger partial charge in [0.1, 0.15) is 0 Å². The molecule has 2 heteroatoms. The van der Waals surface area contributed by atoms with E-state index in [0.717, 1.165) is 18.5 Å². The van der Waals surface area contributed by atoms with Gasteiger partial charge >= 0.3 is 0 Å². The van der Waals surface area contributed by atoms with E-state index in [1.807, 2.05) is 0 Å². The van der Waals surface area contributed by atoms with Gasteiger partial charge in [0.15, 0.2) is 0 Å². The zero-order valence-corrected chi connectivity index (χ0v) is 8.87. The van der Waals surface area contributed by atoms with E-state index in [-0.39, 0.29) is 0 Å². The minimum absolute atomic E-state index is 0.424. The largest absolute Gasteiger partial charge is 0.326 e. The molecule has 1 saturated carbocycles. The van der Waals surface area contributed by atoms with Crippen molar-refractivity contribution in [3.63, 3.8) is 0 Å². The second kappa shape index (κ2) is 3.58. The predicted octanol–water partition coefficient (Wildman–Crippen LogP) is 1.45. The lowest BCUT2D eigenvalue weighted by Crippen LogP contribution is -2.37. The van der Waals surface area contributed by atoms with E-state index in [4.69, 9.17) is 5.73 Å². The summed E-state index contributed by atoms with van der Waals surface area (Å²) in [7, 11) is 0. The van der Waals surface area contributed by atoms with Crippen LogP contribution in [0.4, 0.5) is 0 Å². The van der Waals surface area contributed by atoms with Gasteiger partial charge in [0, 0.05) is 25.2 Å². The van der Waals surface area contributed by atoms with Crippen molar-refractivity contribution in [1.82, 2.24) is 4.90 Å². The monoisotopic (exact) mass is 182 g/mol. The Hall–Kier alpha value is -0.0800. The Kier molecular flexibility index (Phi) is 2.61. The van der Waals surface area contributed by atoms with Crippen LogP contribution in [0.15, 0.2) is 0 Å². The summed E-state index contributed by atoms with van der Waals surface area (Å²) < 4.78 is 0. The molecule has 76 valence electrons. The summed E-state index contributed by atoms with van der Waals surface area (Å²) in [4.78, 5) is 2.63. The molecule has 13 heavy (non-hydrogen) atoms. The first-order valence-corrected chi connectivity index (χ1v) is 5.68. The Morgan fingerprint density at radius 3 is 2.31 bits per heavy atom. The fourth-order valence-electron chi connectivity index (χ4n) is 2.97. The Bertz CT molecular complexity index is 171. The van der Waals surface area contributed by atoms with Crippen molar-refractivity contribution in [2.24, 2.45) is 17.6 Å². The minimum Gasteiger partial charge on any atom is -0.326 e. The highest BCUT2D eigenvalue weighted by Gasteiger charge is 2.35. The van der Waals surface area contributed by atoms with Crippen molar-refractivity contribution in [2.45, 2.75) is 45.2 Å². The maximum Gasteiger partial charge on any atom is 0.0206 e. The first kappa shape index (κ1) is 9.47. The fourth-order valence-corrected chi connectivity index (χ4v) is 2.97. The summed E-state index contributed by atoms with van der Waals surface area (Å²) in [6, 6.07) is 1.27. The number of nitrogens with two attached hydrogens (primary N) is 1. The van der Waals surface area contributed by atoms with E-state index in [1.54, 1.807) is 0 Å². The van der Waals surface area contributed by atoms with Gasteiger partial charge in [-0.3, -0.25) is 4.90 Å². The van der Waals surface area contributed by atoms with Crippen molar-refractivity contribution >= 4 is 0 Å². The standard InChI is InChI=1S/C11H22N2/c1-8-4-3-5-11(8)13-6-9(2)10(12)7-13/h8-11H,3-7,12H2,1-2H3. The Labute approximate surface area is 81.5 Å². The van der Waals surface area contributed by atoms with Crippen LogP contribution in [0.2, 0.25) is 0 Å². The SMILES string of the molecule is CC1CN(C2CCCC2C)CC1N. The Morgan fingerprint density at radius 1 is 1.08 bits per heavy atom. The second-order valence-corrected chi connectivity index (χ2v) is 5.07. The van der Waals surface area contributed by atoms with Crippen LogP contribution in [0, 0.1) is 11.8 Å².